The summed E-state index contributed by atoms with van der Waals surface area (Å²) >= 11 is 0. The van der Waals surface area contributed by atoms with Crippen molar-refractivity contribution < 1.29 is 14.3 Å². The van der Waals surface area contributed by atoms with E-state index in [1.807, 2.05) is 0 Å². The van der Waals surface area contributed by atoms with Crippen LogP contribution in [0.2, 0.25) is 0 Å². The Hall–Kier alpha value is -2.26. The molecule has 0 aliphatic carbocycles. The maximum Gasteiger partial charge on any atom is 0.200 e. The molecule has 2 aromatic heterocycles. The van der Waals surface area contributed by atoms with E-state index in [1.165, 1.54) is 0 Å². The Morgan fingerprint density at radius 3 is 2.76 bits per heavy atom. The van der Waals surface area contributed by atoms with E-state index in [2.05, 4.69) is 20.6 Å². The third-order valence-corrected chi connectivity index (χ3v) is 3.62. The summed E-state index contributed by atoms with van der Waals surface area (Å²) in [6.45, 7) is 0.0721. The number of nitrogens with one attached hydrogen (secondary N) is 1. The van der Waals surface area contributed by atoms with Gasteiger partial charge in [0.1, 0.15) is 23.5 Å². The average molecular weight is 347 g/mol. The van der Waals surface area contributed by atoms with Crippen LogP contribution >= 0.6 is 0 Å². The molecule has 4 rings (SSSR count). The van der Waals surface area contributed by atoms with E-state index in [0.717, 1.165) is 5.56 Å². The van der Waals surface area contributed by atoms with Gasteiger partial charge in [0.25, 0.3) is 0 Å². The average Bonchev–Trinajstić information content (AvgIpc) is 3.14. The standard InChI is InChI=1S/C16H12N4O4.Na/c21-5-6-23-10-2-4-13-12(8-10)15(22)11-3-1-9(7-14(11)24-13)16-17-19-20-18-16;/h1-4,7-8,21H,5-6H2,(H,17,18,19,20);. The fourth-order valence-electron chi connectivity index (χ4n) is 2.52. The molecule has 0 bridgehead atoms. The SMILES string of the molecule is O=c1c2ccc(-c3nnn[nH]3)cc2oc2ccc(OCCO)cc12.[Na]. The summed E-state index contributed by atoms with van der Waals surface area (Å²) in [4.78, 5) is 12.7. The molecule has 0 fully saturated rings. The molecule has 121 valence electrons. The van der Waals surface area contributed by atoms with Crippen molar-refractivity contribution in [2.75, 3.05) is 13.2 Å². The van der Waals surface area contributed by atoms with E-state index in [-0.39, 0.29) is 48.2 Å². The zero-order valence-corrected chi connectivity index (χ0v) is 15.4. The van der Waals surface area contributed by atoms with Crippen LogP contribution in [0.4, 0.5) is 0 Å². The van der Waals surface area contributed by atoms with Crippen molar-refractivity contribution in [1.82, 2.24) is 20.6 Å². The monoisotopic (exact) mass is 347 g/mol. The van der Waals surface area contributed by atoms with Crippen LogP contribution in [-0.2, 0) is 0 Å². The molecular weight excluding hydrogens is 335 g/mol. The number of benzene rings is 2. The molecule has 0 saturated carbocycles. The zero-order valence-electron chi connectivity index (χ0n) is 13.4. The summed E-state index contributed by atoms with van der Waals surface area (Å²) in [6, 6.07) is 10.1. The molecule has 2 aromatic carbocycles. The van der Waals surface area contributed by atoms with Gasteiger partial charge in [-0.25, -0.2) is 5.10 Å². The second-order valence-corrected chi connectivity index (χ2v) is 5.12. The molecule has 1 radical (unpaired) electrons. The van der Waals surface area contributed by atoms with Crippen LogP contribution in [0.25, 0.3) is 33.3 Å². The fraction of sp³-hybridized carbons (Fsp3) is 0.125. The molecule has 0 saturated heterocycles. The topological polar surface area (TPSA) is 114 Å². The van der Waals surface area contributed by atoms with Gasteiger partial charge in [-0.3, -0.25) is 4.79 Å². The Morgan fingerprint density at radius 2 is 2.00 bits per heavy atom. The zero-order chi connectivity index (χ0) is 16.5. The molecule has 4 aromatic rings. The summed E-state index contributed by atoms with van der Waals surface area (Å²) in [5, 5.41) is 23.3. The largest absolute Gasteiger partial charge is 0.491 e. The van der Waals surface area contributed by atoms with Gasteiger partial charge in [0.15, 0.2) is 5.82 Å². The predicted molar refractivity (Wildman–Crippen MR) is 91.5 cm³/mol. The number of H-pyrrole nitrogens is 1. The Morgan fingerprint density at radius 1 is 1.12 bits per heavy atom. The van der Waals surface area contributed by atoms with E-state index in [0.29, 0.717) is 33.5 Å². The van der Waals surface area contributed by atoms with Gasteiger partial charge in [-0.1, -0.05) is 6.07 Å². The molecule has 0 aliphatic heterocycles. The summed E-state index contributed by atoms with van der Waals surface area (Å²) < 4.78 is 11.2. The Bertz CT molecular complexity index is 1080. The number of aromatic amines is 1. The van der Waals surface area contributed by atoms with Crippen molar-refractivity contribution >= 4 is 51.5 Å². The molecule has 0 atom stereocenters. The number of hydrogen-bond donors (Lipinski definition) is 2. The van der Waals surface area contributed by atoms with Crippen molar-refractivity contribution in [3.8, 4) is 17.1 Å². The smallest absolute Gasteiger partial charge is 0.200 e. The number of tetrazole rings is 1. The van der Waals surface area contributed by atoms with Gasteiger partial charge >= 0.3 is 0 Å². The summed E-state index contributed by atoms with van der Waals surface area (Å²) in [6.07, 6.45) is 0. The van der Waals surface area contributed by atoms with Gasteiger partial charge in [-0.2, -0.15) is 0 Å². The summed E-state index contributed by atoms with van der Waals surface area (Å²) in [7, 11) is 0. The molecular formula is C16H12N4NaO4. The predicted octanol–water partition coefficient (Wildman–Crippen LogP) is 1.12. The minimum Gasteiger partial charge on any atom is -0.491 e. The van der Waals surface area contributed by atoms with Gasteiger partial charge in [-0.15, -0.1) is 5.10 Å². The van der Waals surface area contributed by atoms with Crippen molar-refractivity contribution in [2.45, 2.75) is 0 Å². The first kappa shape index (κ1) is 17.6. The number of rotatable bonds is 4. The van der Waals surface area contributed by atoms with Crippen LogP contribution < -0.4 is 10.2 Å². The number of hydrogen-bond acceptors (Lipinski definition) is 7. The third kappa shape index (κ3) is 3.29. The van der Waals surface area contributed by atoms with Gasteiger partial charge in [-0.05, 0) is 40.8 Å². The fourth-order valence-corrected chi connectivity index (χ4v) is 2.52. The number of aliphatic hydroxyl groups is 1. The maximum absolute atomic E-state index is 12.7. The first-order valence-corrected chi connectivity index (χ1v) is 7.24. The summed E-state index contributed by atoms with van der Waals surface area (Å²) in [5.41, 5.74) is 1.47. The number of fused-ring (bicyclic) bond motifs is 2. The van der Waals surface area contributed by atoms with Gasteiger partial charge in [0.2, 0.25) is 5.43 Å². The second kappa shape index (κ2) is 7.32. The van der Waals surface area contributed by atoms with Crippen LogP contribution in [0.15, 0.2) is 45.6 Å². The quantitative estimate of drug-likeness (QED) is 0.420. The van der Waals surface area contributed by atoms with E-state index >= 15 is 0 Å². The van der Waals surface area contributed by atoms with Crippen molar-refractivity contribution in [3.63, 3.8) is 0 Å². The molecule has 0 aliphatic rings. The Balaban J connectivity index is 0.00000182. The molecule has 0 unspecified atom stereocenters. The van der Waals surface area contributed by atoms with Crippen molar-refractivity contribution in [3.05, 3.63) is 46.6 Å². The molecule has 2 N–H and O–H groups in total. The normalized spacial score (nSPS) is 10.8. The van der Waals surface area contributed by atoms with Gasteiger partial charge < -0.3 is 14.3 Å². The molecule has 0 spiro atoms. The van der Waals surface area contributed by atoms with Crippen LogP contribution in [0.5, 0.6) is 5.75 Å². The first-order chi connectivity index (χ1) is 11.8. The molecule has 0 amide bonds. The van der Waals surface area contributed by atoms with E-state index in [4.69, 9.17) is 14.3 Å². The third-order valence-electron chi connectivity index (χ3n) is 3.62. The minimum absolute atomic E-state index is 0. The molecule has 2 heterocycles. The summed E-state index contributed by atoms with van der Waals surface area (Å²) in [5.74, 6) is 1.000. The molecule has 25 heavy (non-hydrogen) atoms. The number of nitrogens with zero attached hydrogens (tertiary/aromatic N) is 3. The van der Waals surface area contributed by atoms with Crippen LogP contribution in [-0.4, -0.2) is 68.5 Å². The van der Waals surface area contributed by atoms with Crippen molar-refractivity contribution in [2.24, 2.45) is 0 Å². The van der Waals surface area contributed by atoms with Crippen LogP contribution in [0.1, 0.15) is 0 Å². The first-order valence-electron chi connectivity index (χ1n) is 7.24. The van der Waals surface area contributed by atoms with E-state index < -0.39 is 0 Å². The second-order valence-electron chi connectivity index (χ2n) is 5.12. The van der Waals surface area contributed by atoms with Crippen LogP contribution in [0, 0.1) is 0 Å². The van der Waals surface area contributed by atoms with Crippen LogP contribution in [0.3, 0.4) is 0 Å². The van der Waals surface area contributed by atoms with Gasteiger partial charge in [0, 0.05) is 35.1 Å². The molecule has 8 nitrogen and oxygen atoms in total. The number of aromatic nitrogens is 4. The van der Waals surface area contributed by atoms with Gasteiger partial charge in [0.05, 0.1) is 17.4 Å². The van der Waals surface area contributed by atoms with E-state index in [9.17, 15) is 4.79 Å². The van der Waals surface area contributed by atoms with E-state index in [1.54, 1.807) is 36.4 Å². The Kier molecular flexibility index (Phi) is 5.14. The Labute approximate surface area is 163 Å². The molecule has 9 heteroatoms. The number of aliphatic hydroxyl groups excluding tert-OH is 1. The number of ether oxygens (including phenoxy) is 1. The minimum atomic E-state index is -0.150. The maximum atomic E-state index is 12.7. The van der Waals surface area contributed by atoms with Crippen molar-refractivity contribution in [1.29, 1.82) is 0 Å².